The molecule has 2 atom stereocenters. The summed E-state index contributed by atoms with van der Waals surface area (Å²) in [7, 11) is 0. The van der Waals surface area contributed by atoms with Crippen LogP contribution in [0.25, 0.3) is 10.8 Å². The molecule has 1 N–H and O–H groups in total. The lowest BCUT2D eigenvalue weighted by Gasteiger charge is -2.19. The molecule has 2 rings (SSSR count). The molecular weight excluding hydrogens is 372 g/mol. The van der Waals surface area contributed by atoms with Gasteiger partial charge in [-0.1, -0.05) is 54.6 Å². The molecule has 29 heavy (non-hydrogen) atoms. The van der Waals surface area contributed by atoms with Crippen molar-refractivity contribution in [1.29, 1.82) is 0 Å². The fraction of sp³-hybridized carbons (Fsp3) is 0.391. The maximum Gasteiger partial charge on any atom is 0.338 e. The number of hydrogen-bond acceptors (Lipinski definition) is 6. The van der Waals surface area contributed by atoms with Crippen molar-refractivity contribution in [2.45, 2.75) is 38.9 Å². The van der Waals surface area contributed by atoms with Gasteiger partial charge in [-0.25, -0.2) is 9.59 Å². The lowest BCUT2D eigenvalue weighted by molar-refractivity contribution is -0.176. The van der Waals surface area contributed by atoms with Gasteiger partial charge in [-0.15, -0.1) is 0 Å². The highest BCUT2D eigenvalue weighted by atomic mass is 16.6. The minimum absolute atomic E-state index is 0.0671. The molecule has 0 heterocycles. The standard InChI is InChI=1S/C23H28O6/c1-3-27-22(25)20(24)21(23(26)28-4-2)29-15-9-5-6-10-17-13-14-18-11-7-8-12-19(18)16-17/h5,7-9,11-14,16,20-21,24H,3-4,6,10,15H2,1-2H3/t20-,21-/m1/s1. The van der Waals surface area contributed by atoms with Crippen molar-refractivity contribution in [2.75, 3.05) is 19.8 Å². The van der Waals surface area contributed by atoms with E-state index in [-0.39, 0.29) is 19.8 Å². The van der Waals surface area contributed by atoms with Crippen LogP contribution in [0, 0.1) is 0 Å². The molecule has 156 valence electrons. The zero-order valence-electron chi connectivity index (χ0n) is 16.9. The Morgan fingerprint density at radius 1 is 0.966 bits per heavy atom. The first-order chi connectivity index (χ1) is 14.1. The van der Waals surface area contributed by atoms with Gasteiger partial charge in [0, 0.05) is 0 Å². The lowest BCUT2D eigenvalue weighted by atomic mass is 10.0. The Morgan fingerprint density at radius 3 is 2.38 bits per heavy atom. The first-order valence-corrected chi connectivity index (χ1v) is 9.82. The van der Waals surface area contributed by atoms with Gasteiger partial charge in [0.25, 0.3) is 0 Å². The van der Waals surface area contributed by atoms with Crippen molar-refractivity contribution >= 4 is 22.7 Å². The first-order valence-electron chi connectivity index (χ1n) is 9.82. The summed E-state index contributed by atoms with van der Waals surface area (Å²) in [6, 6.07) is 14.6. The summed E-state index contributed by atoms with van der Waals surface area (Å²) in [5.41, 5.74) is 1.23. The minimum atomic E-state index is -1.72. The Bertz CT molecular complexity index is 829. The molecule has 6 heteroatoms. The van der Waals surface area contributed by atoms with Crippen LogP contribution in [0.3, 0.4) is 0 Å². The van der Waals surface area contributed by atoms with Crippen LogP contribution in [0.1, 0.15) is 25.8 Å². The summed E-state index contributed by atoms with van der Waals surface area (Å²) in [5.74, 6) is -1.71. The average molecular weight is 400 g/mol. The van der Waals surface area contributed by atoms with Gasteiger partial charge < -0.3 is 19.3 Å². The predicted molar refractivity (Wildman–Crippen MR) is 110 cm³/mol. The van der Waals surface area contributed by atoms with E-state index in [9.17, 15) is 14.7 Å². The smallest absolute Gasteiger partial charge is 0.338 e. The van der Waals surface area contributed by atoms with Crippen molar-refractivity contribution in [2.24, 2.45) is 0 Å². The highest BCUT2D eigenvalue weighted by Gasteiger charge is 2.35. The van der Waals surface area contributed by atoms with Gasteiger partial charge in [-0.2, -0.15) is 0 Å². The number of aliphatic hydroxyl groups is 1. The molecule has 0 saturated carbocycles. The van der Waals surface area contributed by atoms with Gasteiger partial charge in [-0.05, 0) is 43.0 Å². The topological polar surface area (TPSA) is 82.1 Å². The second kappa shape index (κ2) is 12.0. The molecule has 0 aliphatic heterocycles. The summed E-state index contributed by atoms with van der Waals surface area (Å²) < 4.78 is 15.0. The second-order valence-electron chi connectivity index (χ2n) is 6.39. The molecule has 0 radical (unpaired) electrons. The summed E-state index contributed by atoms with van der Waals surface area (Å²) in [6.45, 7) is 3.54. The largest absolute Gasteiger partial charge is 0.464 e. The summed E-state index contributed by atoms with van der Waals surface area (Å²) >= 11 is 0. The van der Waals surface area contributed by atoms with E-state index in [0.717, 1.165) is 12.8 Å². The van der Waals surface area contributed by atoms with Crippen molar-refractivity contribution in [3.63, 3.8) is 0 Å². The maximum atomic E-state index is 12.0. The van der Waals surface area contributed by atoms with Crippen molar-refractivity contribution < 1.29 is 28.9 Å². The van der Waals surface area contributed by atoms with E-state index in [1.165, 1.54) is 16.3 Å². The Morgan fingerprint density at radius 2 is 1.66 bits per heavy atom. The van der Waals surface area contributed by atoms with E-state index >= 15 is 0 Å². The van der Waals surface area contributed by atoms with Crippen LogP contribution in [-0.2, 0) is 30.2 Å². The Labute approximate surface area is 171 Å². The van der Waals surface area contributed by atoms with Gasteiger partial charge >= 0.3 is 11.9 Å². The Balaban J connectivity index is 1.84. The quantitative estimate of drug-likeness (QED) is 0.461. The number of allylic oxidation sites excluding steroid dienone is 1. The first kappa shape index (κ1) is 22.6. The SMILES string of the molecule is CCOC(=O)[C@H](O)[C@@H](OCC=CCCc1ccc2ccccc2c1)C(=O)OCC. The van der Waals surface area contributed by atoms with E-state index in [2.05, 4.69) is 30.3 Å². The predicted octanol–water partition coefficient (Wildman–Crippen LogP) is 3.20. The number of benzene rings is 2. The monoisotopic (exact) mass is 400 g/mol. The highest BCUT2D eigenvalue weighted by Crippen LogP contribution is 2.16. The number of ether oxygens (including phenoxy) is 3. The van der Waals surface area contributed by atoms with Crippen LogP contribution in [0.15, 0.2) is 54.6 Å². The third kappa shape index (κ3) is 7.00. The summed E-state index contributed by atoms with van der Waals surface area (Å²) in [4.78, 5) is 23.7. The summed E-state index contributed by atoms with van der Waals surface area (Å²) in [5, 5.41) is 12.4. The van der Waals surface area contributed by atoms with Crippen molar-refractivity contribution in [1.82, 2.24) is 0 Å². The maximum absolute atomic E-state index is 12.0. The molecule has 0 unspecified atom stereocenters. The number of aliphatic hydroxyl groups excluding tert-OH is 1. The van der Waals surface area contributed by atoms with Crippen LogP contribution in [0.2, 0.25) is 0 Å². The van der Waals surface area contributed by atoms with Gasteiger partial charge in [-0.3, -0.25) is 0 Å². The number of carbonyl (C=O) groups excluding carboxylic acids is 2. The van der Waals surface area contributed by atoms with E-state index < -0.39 is 24.1 Å². The van der Waals surface area contributed by atoms with Gasteiger partial charge in [0.2, 0.25) is 0 Å². The molecule has 6 nitrogen and oxygen atoms in total. The van der Waals surface area contributed by atoms with Crippen LogP contribution < -0.4 is 0 Å². The fourth-order valence-electron chi connectivity index (χ4n) is 2.85. The van der Waals surface area contributed by atoms with Crippen LogP contribution in [0.4, 0.5) is 0 Å². The van der Waals surface area contributed by atoms with Crippen LogP contribution >= 0.6 is 0 Å². The number of rotatable bonds is 11. The molecule has 0 spiro atoms. The number of aryl methyl sites for hydroxylation is 1. The summed E-state index contributed by atoms with van der Waals surface area (Å²) in [6.07, 6.45) is 2.22. The van der Waals surface area contributed by atoms with Gasteiger partial charge in [0.15, 0.2) is 12.2 Å². The zero-order valence-corrected chi connectivity index (χ0v) is 16.9. The van der Waals surface area contributed by atoms with Crippen LogP contribution in [-0.4, -0.2) is 49.1 Å². The number of fused-ring (bicyclic) bond motifs is 1. The van der Waals surface area contributed by atoms with Gasteiger partial charge in [0.1, 0.15) is 0 Å². The van der Waals surface area contributed by atoms with E-state index in [4.69, 9.17) is 14.2 Å². The van der Waals surface area contributed by atoms with E-state index in [1.807, 2.05) is 18.2 Å². The van der Waals surface area contributed by atoms with Crippen LogP contribution in [0.5, 0.6) is 0 Å². The Kier molecular flexibility index (Phi) is 9.34. The molecule has 0 bridgehead atoms. The molecule has 0 aliphatic carbocycles. The molecule has 2 aromatic rings. The molecule has 0 fully saturated rings. The average Bonchev–Trinajstić information content (AvgIpc) is 2.73. The zero-order chi connectivity index (χ0) is 21.1. The number of esters is 2. The highest BCUT2D eigenvalue weighted by molar-refractivity contribution is 5.85. The molecule has 0 aromatic heterocycles. The molecule has 0 aliphatic rings. The minimum Gasteiger partial charge on any atom is -0.464 e. The fourth-order valence-corrected chi connectivity index (χ4v) is 2.85. The van der Waals surface area contributed by atoms with E-state index in [0.29, 0.717) is 0 Å². The Hall–Kier alpha value is -2.70. The molecular formula is C23H28O6. The third-order valence-corrected chi connectivity index (χ3v) is 4.29. The van der Waals surface area contributed by atoms with Gasteiger partial charge in [0.05, 0.1) is 19.8 Å². The number of hydrogen-bond donors (Lipinski definition) is 1. The number of carbonyl (C=O) groups is 2. The second-order valence-corrected chi connectivity index (χ2v) is 6.39. The molecule has 0 amide bonds. The van der Waals surface area contributed by atoms with Crippen molar-refractivity contribution in [3.8, 4) is 0 Å². The molecule has 2 aromatic carbocycles. The van der Waals surface area contributed by atoms with E-state index in [1.54, 1.807) is 19.9 Å². The molecule has 0 saturated heterocycles. The third-order valence-electron chi connectivity index (χ3n) is 4.29. The lowest BCUT2D eigenvalue weighted by Crippen LogP contribution is -2.43. The normalized spacial score (nSPS) is 13.3. The van der Waals surface area contributed by atoms with Crippen molar-refractivity contribution in [3.05, 3.63) is 60.2 Å².